The van der Waals surface area contributed by atoms with Gasteiger partial charge in [0.05, 0.1) is 5.56 Å². The Balaban J connectivity index is 1.90. The molecule has 1 N–H and O–H groups in total. The van der Waals surface area contributed by atoms with Crippen molar-refractivity contribution in [3.05, 3.63) is 35.4 Å². The number of unbranched alkanes of at least 4 members (excludes halogenated alkanes) is 9. The highest BCUT2D eigenvalue weighted by molar-refractivity contribution is 6.76. The maximum absolute atomic E-state index is 10.8. The lowest BCUT2D eigenvalue weighted by molar-refractivity contribution is 0.0697. The van der Waals surface area contributed by atoms with E-state index in [1.54, 1.807) is 12.1 Å². The Labute approximate surface area is 156 Å². The molecule has 0 aliphatic carbocycles. The Morgan fingerprint density at radius 3 is 1.64 bits per heavy atom. The second-order valence-electron chi connectivity index (χ2n) is 8.60. The van der Waals surface area contributed by atoms with Gasteiger partial charge in [0.2, 0.25) is 0 Å². The van der Waals surface area contributed by atoms with Gasteiger partial charge in [-0.25, -0.2) is 4.79 Å². The summed E-state index contributed by atoms with van der Waals surface area (Å²) in [6, 6.07) is 8.81. The van der Waals surface area contributed by atoms with Crippen LogP contribution in [0.15, 0.2) is 24.3 Å². The lowest BCUT2D eigenvalue weighted by atomic mass is 10.0. The summed E-state index contributed by atoms with van der Waals surface area (Å²) in [6.45, 7) is 7.41. The van der Waals surface area contributed by atoms with Crippen LogP contribution in [0.2, 0.25) is 25.7 Å². The smallest absolute Gasteiger partial charge is 0.335 e. The molecule has 3 heteroatoms. The van der Waals surface area contributed by atoms with E-state index in [0.717, 1.165) is 6.42 Å². The Bertz CT molecular complexity index is 474. The van der Waals surface area contributed by atoms with Crippen molar-refractivity contribution in [2.45, 2.75) is 96.3 Å². The van der Waals surface area contributed by atoms with Gasteiger partial charge in [-0.3, -0.25) is 0 Å². The average molecular weight is 363 g/mol. The van der Waals surface area contributed by atoms with Crippen molar-refractivity contribution in [1.29, 1.82) is 0 Å². The minimum absolute atomic E-state index is 0.379. The molecule has 1 aromatic carbocycles. The van der Waals surface area contributed by atoms with E-state index in [9.17, 15) is 4.79 Å². The van der Waals surface area contributed by atoms with Gasteiger partial charge in [-0.05, 0) is 30.5 Å². The zero-order valence-electron chi connectivity index (χ0n) is 16.7. The van der Waals surface area contributed by atoms with Gasteiger partial charge in [-0.1, -0.05) is 95.6 Å². The normalized spacial score (nSPS) is 11.6. The number of aryl methyl sites for hydroxylation is 1. The van der Waals surface area contributed by atoms with Crippen LogP contribution in [-0.2, 0) is 6.42 Å². The first-order valence-electron chi connectivity index (χ1n) is 10.2. The fourth-order valence-electron chi connectivity index (χ4n) is 3.21. The summed E-state index contributed by atoms with van der Waals surface area (Å²) in [5.41, 5.74) is 1.63. The molecule has 0 bridgehead atoms. The number of hydrogen-bond acceptors (Lipinski definition) is 1. The lowest BCUT2D eigenvalue weighted by Gasteiger charge is -2.14. The summed E-state index contributed by atoms with van der Waals surface area (Å²) in [5.74, 6) is -0.845. The first-order chi connectivity index (χ1) is 11.9. The summed E-state index contributed by atoms with van der Waals surface area (Å²) in [7, 11) is -0.810. The van der Waals surface area contributed by atoms with Gasteiger partial charge in [-0.15, -0.1) is 0 Å². The van der Waals surface area contributed by atoms with Crippen molar-refractivity contribution < 1.29 is 9.90 Å². The molecule has 0 saturated heterocycles. The third-order valence-corrected chi connectivity index (χ3v) is 6.70. The minimum atomic E-state index is -0.845. The van der Waals surface area contributed by atoms with Crippen LogP contribution < -0.4 is 0 Å². The van der Waals surface area contributed by atoms with E-state index in [1.165, 1.54) is 75.8 Å². The van der Waals surface area contributed by atoms with Crippen molar-refractivity contribution >= 4 is 14.0 Å². The molecule has 0 amide bonds. The number of carbonyl (C=O) groups is 1. The number of rotatable bonds is 14. The van der Waals surface area contributed by atoms with E-state index in [-0.39, 0.29) is 0 Å². The molecule has 142 valence electrons. The van der Waals surface area contributed by atoms with Gasteiger partial charge >= 0.3 is 5.97 Å². The standard InChI is InChI=1S/C22H38O2Si/c1-25(2,3)19-13-11-9-7-5-4-6-8-10-12-14-20-15-17-21(18-16-20)22(23)24/h15-18H,4-14,19H2,1-3H3,(H,23,24). The van der Waals surface area contributed by atoms with E-state index in [2.05, 4.69) is 19.6 Å². The summed E-state index contributed by atoms with van der Waals surface area (Å²) < 4.78 is 0. The largest absolute Gasteiger partial charge is 0.478 e. The molecule has 0 saturated carbocycles. The van der Waals surface area contributed by atoms with Crippen LogP contribution in [0.5, 0.6) is 0 Å². The van der Waals surface area contributed by atoms with Crippen LogP contribution in [0.25, 0.3) is 0 Å². The van der Waals surface area contributed by atoms with Crippen molar-refractivity contribution in [2.75, 3.05) is 0 Å². The molecule has 0 fully saturated rings. The first-order valence-corrected chi connectivity index (χ1v) is 13.9. The van der Waals surface area contributed by atoms with E-state index >= 15 is 0 Å². The molecule has 25 heavy (non-hydrogen) atoms. The third kappa shape index (κ3) is 12.0. The molecular weight excluding hydrogens is 324 g/mol. The van der Waals surface area contributed by atoms with Crippen molar-refractivity contribution in [3.8, 4) is 0 Å². The molecule has 0 aliphatic heterocycles. The average Bonchev–Trinajstić information content (AvgIpc) is 2.55. The van der Waals surface area contributed by atoms with E-state index < -0.39 is 14.0 Å². The number of hydrogen-bond donors (Lipinski definition) is 1. The van der Waals surface area contributed by atoms with E-state index in [0.29, 0.717) is 5.56 Å². The summed E-state index contributed by atoms with van der Waals surface area (Å²) in [4.78, 5) is 10.8. The van der Waals surface area contributed by atoms with Gasteiger partial charge in [0.1, 0.15) is 0 Å². The van der Waals surface area contributed by atoms with Crippen LogP contribution in [0.3, 0.4) is 0 Å². The number of aromatic carboxylic acids is 1. The highest BCUT2D eigenvalue weighted by Gasteiger charge is 2.11. The molecule has 0 heterocycles. The van der Waals surface area contributed by atoms with Crippen molar-refractivity contribution in [3.63, 3.8) is 0 Å². The predicted octanol–water partition coefficient (Wildman–Crippen LogP) is 7.17. The molecular formula is C22H38O2Si. The molecule has 0 spiro atoms. The molecule has 0 aliphatic rings. The molecule has 0 atom stereocenters. The predicted molar refractivity (Wildman–Crippen MR) is 111 cm³/mol. The fourth-order valence-corrected chi connectivity index (χ4v) is 4.52. The minimum Gasteiger partial charge on any atom is -0.478 e. The zero-order valence-corrected chi connectivity index (χ0v) is 17.7. The van der Waals surface area contributed by atoms with Gasteiger partial charge < -0.3 is 5.11 Å². The monoisotopic (exact) mass is 362 g/mol. The third-order valence-electron chi connectivity index (χ3n) is 4.84. The van der Waals surface area contributed by atoms with Gasteiger partial charge in [0.25, 0.3) is 0 Å². The Hall–Kier alpha value is -1.09. The SMILES string of the molecule is C[Si](C)(C)CCCCCCCCCCCCc1ccc(C(=O)O)cc1. The molecule has 0 unspecified atom stereocenters. The molecule has 0 aromatic heterocycles. The Kier molecular flexibility index (Phi) is 10.8. The van der Waals surface area contributed by atoms with Gasteiger partial charge in [0.15, 0.2) is 0 Å². The van der Waals surface area contributed by atoms with E-state index in [4.69, 9.17) is 5.11 Å². The van der Waals surface area contributed by atoms with Crippen LogP contribution in [0.4, 0.5) is 0 Å². The molecule has 2 nitrogen and oxygen atoms in total. The molecule has 0 radical (unpaired) electrons. The Morgan fingerprint density at radius 1 is 0.760 bits per heavy atom. The molecule has 1 rings (SSSR count). The quantitative estimate of drug-likeness (QED) is 0.281. The molecule has 1 aromatic rings. The topological polar surface area (TPSA) is 37.3 Å². The number of carboxylic acid groups (broad SMARTS) is 1. The maximum Gasteiger partial charge on any atom is 0.335 e. The van der Waals surface area contributed by atoms with Crippen molar-refractivity contribution in [1.82, 2.24) is 0 Å². The Morgan fingerprint density at radius 2 is 1.20 bits per heavy atom. The maximum atomic E-state index is 10.8. The highest BCUT2D eigenvalue weighted by Crippen LogP contribution is 2.16. The zero-order chi connectivity index (χ0) is 18.5. The lowest BCUT2D eigenvalue weighted by Crippen LogP contribution is -2.18. The van der Waals surface area contributed by atoms with Crippen LogP contribution in [0.1, 0.15) is 80.1 Å². The summed E-state index contributed by atoms with van der Waals surface area (Å²) in [6.07, 6.45) is 14.8. The second-order valence-corrected chi connectivity index (χ2v) is 14.2. The van der Waals surface area contributed by atoms with Crippen LogP contribution >= 0.6 is 0 Å². The van der Waals surface area contributed by atoms with Gasteiger partial charge in [0, 0.05) is 8.07 Å². The fraction of sp³-hybridized carbons (Fsp3) is 0.682. The summed E-state index contributed by atoms with van der Waals surface area (Å²) >= 11 is 0. The van der Waals surface area contributed by atoms with Crippen LogP contribution in [-0.4, -0.2) is 19.1 Å². The summed E-state index contributed by atoms with van der Waals surface area (Å²) in [5, 5.41) is 8.89. The number of carboxylic acids is 1. The second kappa shape index (κ2) is 12.3. The first kappa shape index (κ1) is 21.9. The van der Waals surface area contributed by atoms with Crippen LogP contribution in [0, 0.1) is 0 Å². The van der Waals surface area contributed by atoms with Gasteiger partial charge in [-0.2, -0.15) is 0 Å². The van der Waals surface area contributed by atoms with Crippen molar-refractivity contribution in [2.24, 2.45) is 0 Å². The highest BCUT2D eigenvalue weighted by atomic mass is 28.3. The van der Waals surface area contributed by atoms with E-state index in [1.807, 2.05) is 12.1 Å². The number of benzene rings is 1.